The Morgan fingerprint density at radius 3 is 2.27 bits per heavy atom. The molecule has 0 radical (unpaired) electrons. The van der Waals surface area contributed by atoms with Crippen LogP contribution in [0.15, 0.2) is 66.7 Å². The number of benzene rings is 3. The lowest BCUT2D eigenvalue weighted by Crippen LogP contribution is -2.17. The molecule has 0 N–H and O–H groups in total. The first-order valence-electron chi connectivity index (χ1n) is 12.1. The average molecular weight is 569 g/mol. The summed E-state index contributed by atoms with van der Waals surface area (Å²) in [7, 11) is 1.56. The molecule has 13 heteroatoms. The molecule has 10 nitrogen and oxygen atoms in total. The van der Waals surface area contributed by atoms with Crippen LogP contribution in [0.1, 0.15) is 34.1 Å². The normalized spacial score (nSPS) is 10.9. The molecular weight excluding hydrogens is 545 g/mol. The summed E-state index contributed by atoms with van der Waals surface area (Å²) in [5.41, 5.74) is 1.39. The Balaban J connectivity index is 1.56. The van der Waals surface area contributed by atoms with Crippen LogP contribution in [-0.2, 0) is 17.9 Å². The van der Waals surface area contributed by atoms with Crippen LogP contribution in [0, 0.1) is 11.3 Å². The van der Waals surface area contributed by atoms with E-state index >= 15 is 0 Å². The highest BCUT2D eigenvalue weighted by atomic mass is 19.4. The number of aromatic nitrogens is 3. The minimum atomic E-state index is -4.80. The van der Waals surface area contributed by atoms with Gasteiger partial charge in [0.2, 0.25) is 5.69 Å². The summed E-state index contributed by atoms with van der Waals surface area (Å²) >= 11 is 0. The Kier molecular flexibility index (Phi) is 8.93. The summed E-state index contributed by atoms with van der Waals surface area (Å²) in [5.74, 6) is -0.0655. The summed E-state index contributed by atoms with van der Waals surface area (Å²) in [6.45, 7) is 1.91. The molecule has 1 aromatic heterocycles. The number of carbonyl (C=O) groups excluding carboxylic acids is 1. The van der Waals surface area contributed by atoms with Crippen molar-refractivity contribution in [3.8, 4) is 34.9 Å². The van der Waals surface area contributed by atoms with E-state index in [1.54, 1.807) is 26.2 Å². The molecule has 1 heterocycles. The van der Waals surface area contributed by atoms with Gasteiger partial charge in [-0.3, -0.25) is 0 Å². The maximum atomic E-state index is 12.6. The van der Waals surface area contributed by atoms with Crippen LogP contribution in [0.3, 0.4) is 0 Å². The van der Waals surface area contributed by atoms with Crippen LogP contribution in [0.4, 0.5) is 13.2 Å². The summed E-state index contributed by atoms with van der Waals surface area (Å²) in [4.78, 5) is 12.6. The second-order valence-electron chi connectivity index (χ2n) is 8.32. The molecule has 0 fully saturated rings. The molecule has 41 heavy (non-hydrogen) atoms. The zero-order chi connectivity index (χ0) is 29.4. The van der Waals surface area contributed by atoms with Crippen molar-refractivity contribution in [1.29, 1.82) is 5.26 Å². The van der Waals surface area contributed by atoms with E-state index in [1.165, 1.54) is 35.0 Å². The second-order valence-corrected chi connectivity index (χ2v) is 8.32. The van der Waals surface area contributed by atoms with Gasteiger partial charge in [-0.15, -0.1) is 18.3 Å². The first-order valence-corrected chi connectivity index (χ1v) is 12.1. The Labute approximate surface area is 232 Å². The van der Waals surface area contributed by atoms with Gasteiger partial charge in [0, 0.05) is 6.07 Å². The zero-order valence-electron chi connectivity index (χ0n) is 21.8. The molecule has 0 atom stereocenters. The topological polar surface area (TPSA) is 118 Å². The van der Waals surface area contributed by atoms with E-state index in [1.807, 2.05) is 18.2 Å². The number of ether oxygens (including phenoxy) is 5. The number of methoxy groups -OCH3 is 1. The monoisotopic (exact) mass is 568 g/mol. The van der Waals surface area contributed by atoms with Crippen LogP contribution < -0.4 is 18.9 Å². The number of alkyl halides is 3. The number of nitrogens with zero attached hydrogens (tertiary/aromatic N) is 4. The Morgan fingerprint density at radius 1 is 0.976 bits per heavy atom. The van der Waals surface area contributed by atoms with E-state index in [0.29, 0.717) is 11.3 Å². The molecule has 0 bridgehead atoms. The molecule has 0 saturated heterocycles. The number of esters is 1. The molecule has 0 saturated carbocycles. The van der Waals surface area contributed by atoms with E-state index < -0.39 is 12.3 Å². The molecule has 3 aromatic carbocycles. The molecular formula is C28H23F3N4O6. The highest BCUT2D eigenvalue weighted by Crippen LogP contribution is 2.31. The number of hydrogen-bond acceptors (Lipinski definition) is 9. The molecule has 4 aromatic rings. The minimum Gasteiger partial charge on any atom is -0.497 e. The predicted octanol–water partition coefficient (Wildman–Crippen LogP) is 5.65. The first-order chi connectivity index (χ1) is 19.7. The number of hydrogen-bond donors (Lipinski definition) is 0. The van der Waals surface area contributed by atoms with Crippen molar-refractivity contribution in [2.24, 2.45) is 0 Å². The van der Waals surface area contributed by atoms with Crippen molar-refractivity contribution in [2.45, 2.75) is 26.4 Å². The molecule has 0 unspecified atom stereocenters. The smallest absolute Gasteiger partial charge is 0.497 e. The highest BCUT2D eigenvalue weighted by molar-refractivity contribution is 5.89. The number of carbonyl (C=O) groups is 1. The molecule has 0 aliphatic heterocycles. The molecule has 0 spiro atoms. The van der Waals surface area contributed by atoms with Gasteiger partial charge in [-0.05, 0) is 54.4 Å². The Hall–Kier alpha value is -5.25. The average Bonchev–Trinajstić information content (AvgIpc) is 3.34. The fraction of sp³-hybridized carbons (Fsp3) is 0.214. The Bertz CT molecular complexity index is 1530. The predicted molar refractivity (Wildman–Crippen MR) is 137 cm³/mol. The first kappa shape index (κ1) is 28.8. The van der Waals surface area contributed by atoms with Crippen molar-refractivity contribution < 1.29 is 41.7 Å². The summed E-state index contributed by atoms with van der Waals surface area (Å²) < 4.78 is 64.5. The minimum absolute atomic E-state index is 0.00943. The van der Waals surface area contributed by atoms with Gasteiger partial charge in [-0.25, -0.2) is 9.48 Å². The van der Waals surface area contributed by atoms with E-state index in [-0.39, 0.29) is 54.1 Å². The number of halogens is 3. The molecule has 0 aliphatic rings. The molecule has 212 valence electrons. The molecule has 4 rings (SSSR count). The second kappa shape index (κ2) is 12.7. The van der Waals surface area contributed by atoms with Gasteiger partial charge in [0.25, 0.3) is 5.88 Å². The van der Waals surface area contributed by atoms with Crippen molar-refractivity contribution in [3.05, 3.63) is 89.1 Å². The fourth-order valence-corrected chi connectivity index (χ4v) is 3.58. The lowest BCUT2D eigenvalue weighted by Gasteiger charge is -2.13. The molecule has 0 aliphatic carbocycles. The van der Waals surface area contributed by atoms with Crippen molar-refractivity contribution in [2.75, 3.05) is 13.7 Å². The van der Waals surface area contributed by atoms with Crippen molar-refractivity contribution >= 4 is 5.97 Å². The lowest BCUT2D eigenvalue weighted by molar-refractivity contribution is -0.274. The summed E-state index contributed by atoms with van der Waals surface area (Å²) in [6.07, 6.45) is -4.80. The standard InChI is InChI=1S/C28H23F3N4O6/c1-3-38-27(36)25-26(35(34-33-25)16-18-4-9-21(37-2)10-5-18)40-23-13-8-20(15-32)24(14-23)39-17-19-6-11-22(12-7-19)41-28(29,30)31/h4-14H,3,16-17H2,1-2H3. The third-order valence-corrected chi connectivity index (χ3v) is 5.49. The van der Waals surface area contributed by atoms with E-state index in [4.69, 9.17) is 18.9 Å². The van der Waals surface area contributed by atoms with Gasteiger partial charge in [0.05, 0.1) is 25.8 Å². The van der Waals surface area contributed by atoms with Gasteiger partial charge >= 0.3 is 12.3 Å². The van der Waals surface area contributed by atoms with Gasteiger partial charge < -0.3 is 23.7 Å². The lowest BCUT2D eigenvalue weighted by atomic mass is 10.2. The maximum absolute atomic E-state index is 12.6. The number of nitriles is 1. The van der Waals surface area contributed by atoms with Crippen LogP contribution in [0.5, 0.6) is 28.9 Å². The van der Waals surface area contributed by atoms with E-state index in [2.05, 4.69) is 15.0 Å². The van der Waals surface area contributed by atoms with Crippen molar-refractivity contribution in [3.63, 3.8) is 0 Å². The van der Waals surface area contributed by atoms with Gasteiger partial charge in [0.15, 0.2) is 0 Å². The quantitative estimate of drug-likeness (QED) is 0.211. The maximum Gasteiger partial charge on any atom is 0.573 e. The largest absolute Gasteiger partial charge is 0.573 e. The van der Waals surface area contributed by atoms with Crippen LogP contribution in [0.25, 0.3) is 0 Å². The van der Waals surface area contributed by atoms with Crippen LogP contribution in [0.2, 0.25) is 0 Å². The zero-order valence-corrected chi connectivity index (χ0v) is 21.8. The third kappa shape index (κ3) is 7.66. The van der Waals surface area contributed by atoms with Crippen molar-refractivity contribution in [1.82, 2.24) is 15.0 Å². The number of rotatable bonds is 11. The van der Waals surface area contributed by atoms with Gasteiger partial charge in [0.1, 0.15) is 35.7 Å². The Morgan fingerprint density at radius 2 is 1.63 bits per heavy atom. The van der Waals surface area contributed by atoms with Gasteiger partial charge in [-0.2, -0.15) is 5.26 Å². The van der Waals surface area contributed by atoms with E-state index in [9.17, 15) is 23.2 Å². The van der Waals surface area contributed by atoms with Gasteiger partial charge in [-0.1, -0.05) is 29.5 Å². The summed E-state index contributed by atoms with van der Waals surface area (Å²) in [5, 5.41) is 17.5. The highest BCUT2D eigenvalue weighted by Gasteiger charge is 2.31. The molecule has 0 amide bonds. The van der Waals surface area contributed by atoms with Crippen LogP contribution in [-0.4, -0.2) is 41.0 Å². The van der Waals surface area contributed by atoms with E-state index in [0.717, 1.165) is 17.7 Å². The summed E-state index contributed by atoms with van der Waals surface area (Å²) in [6, 6.07) is 18.8. The SMILES string of the molecule is CCOC(=O)c1nnn(Cc2ccc(OC)cc2)c1Oc1ccc(C#N)c(OCc2ccc(OC(F)(F)F)cc2)c1. The fourth-order valence-electron chi connectivity index (χ4n) is 3.58. The van der Waals surface area contributed by atoms with Crippen LogP contribution >= 0.6 is 0 Å². The third-order valence-electron chi connectivity index (χ3n) is 5.49.